The Morgan fingerprint density at radius 1 is 1.12 bits per heavy atom. The maximum absolute atomic E-state index is 12.1. The van der Waals surface area contributed by atoms with Gasteiger partial charge in [-0.2, -0.15) is 0 Å². The highest BCUT2D eigenvalue weighted by molar-refractivity contribution is 6.30. The van der Waals surface area contributed by atoms with Crippen LogP contribution in [0.5, 0.6) is 0 Å². The Kier molecular flexibility index (Phi) is 4.26. The highest BCUT2D eigenvalue weighted by Gasteiger charge is 2.14. The molecule has 0 saturated carbocycles. The van der Waals surface area contributed by atoms with E-state index in [1.807, 2.05) is 0 Å². The molecule has 2 aromatic heterocycles. The molecule has 0 aliphatic heterocycles. The maximum atomic E-state index is 12.1. The van der Waals surface area contributed by atoms with Gasteiger partial charge < -0.3 is 9.73 Å². The van der Waals surface area contributed by atoms with Crippen molar-refractivity contribution in [1.82, 2.24) is 4.98 Å². The van der Waals surface area contributed by atoms with E-state index in [0.29, 0.717) is 22.2 Å². The molecule has 24 heavy (non-hydrogen) atoms. The highest BCUT2D eigenvalue weighted by atomic mass is 35.5. The molecule has 0 radical (unpaired) electrons. The summed E-state index contributed by atoms with van der Waals surface area (Å²) in [6.45, 7) is 0. The van der Waals surface area contributed by atoms with Gasteiger partial charge >= 0.3 is 0 Å². The van der Waals surface area contributed by atoms with Crippen molar-refractivity contribution in [3.8, 4) is 11.3 Å². The number of halogens is 1. The number of benzene rings is 1. The lowest BCUT2D eigenvalue weighted by molar-refractivity contribution is -0.384. The molecular weight excluding hydrogens is 334 g/mol. The number of anilines is 1. The van der Waals surface area contributed by atoms with E-state index in [-0.39, 0.29) is 11.4 Å². The van der Waals surface area contributed by atoms with Crippen LogP contribution >= 0.6 is 11.6 Å². The van der Waals surface area contributed by atoms with E-state index in [4.69, 9.17) is 16.0 Å². The Morgan fingerprint density at radius 3 is 2.50 bits per heavy atom. The third kappa shape index (κ3) is 3.41. The summed E-state index contributed by atoms with van der Waals surface area (Å²) < 4.78 is 5.49. The van der Waals surface area contributed by atoms with Crippen LogP contribution in [0.1, 0.15) is 10.6 Å². The summed E-state index contributed by atoms with van der Waals surface area (Å²) in [6.07, 6.45) is 1.42. The lowest BCUT2D eigenvalue weighted by Gasteiger charge is -2.02. The van der Waals surface area contributed by atoms with Crippen molar-refractivity contribution in [3.05, 3.63) is 75.6 Å². The molecule has 0 unspecified atom stereocenters. The number of furan rings is 1. The second-order valence-corrected chi connectivity index (χ2v) is 5.22. The largest absolute Gasteiger partial charge is 0.451 e. The van der Waals surface area contributed by atoms with E-state index in [9.17, 15) is 14.9 Å². The Balaban J connectivity index is 1.75. The van der Waals surface area contributed by atoms with E-state index in [0.717, 1.165) is 0 Å². The second kappa shape index (κ2) is 6.51. The normalized spacial score (nSPS) is 10.4. The fourth-order valence-electron chi connectivity index (χ4n) is 1.99. The van der Waals surface area contributed by atoms with Gasteiger partial charge in [0.2, 0.25) is 0 Å². The zero-order valence-corrected chi connectivity index (χ0v) is 12.9. The number of carbonyl (C=O) groups excluding carboxylic acids is 1. The number of hydrogen-bond donors (Lipinski definition) is 1. The molecule has 0 aliphatic rings. The molecular formula is C16H10ClN3O4. The molecule has 7 nitrogen and oxygen atoms in total. The quantitative estimate of drug-likeness (QED) is 0.566. The summed E-state index contributed by atoms with van der Waals surface area (Å²) in [5.74, 6) is 0.412. The minimum Gasteiger partial charge on any atom is -0.451 e. The van der Waals surface area contributed by atoms with Crippen molar-refractivity contribution >= 4 is 29.0 Å². The molecule has 1 aromatic carbocycles. The molecule has 3 rings (SSSR count). The first kappa shape index (κ1) is 15.7. The highest BCUT2D eigenvalue weighted by Crippen LogP contribution is 2.25. The van der Waals surface area contributed by atoms with Crippen molar-refractivity contribution in [2.75, 3.05) is 5.32 Å². The van der Waals surface area contributed by atoms with E-state index < -0.39 is 10.8 Å². The van der Waals surface area contributed by atoms with E-state index in [1.165, 1.54) is 24.4 Å². The monoisotopic (exact) mass is 343 g/mol. The van der Waals surface area contributed by atoms with Crippen LogP contribution in [-0.2, 0) is 0 Å². The summed E-state index contributed by atoms with van der Waals surface area (Å²) in [5, 5.41) is 13.7. The number of carbonyl (C=O) groups is 1. The minimum absolute atomic E-state index is 0.0166. The molecule has 1 N–H and O–H groups in total. The van der Waals surface area contributed by atoms with E-state index >= 15 is 0 Å². The molecule has 120 valence electrons. The summed E-state index contributed by atoms with van der Waals surface area (Å²) in [7, 11) is 0. The summed E-state index contributed by atoms with van der Waals surface area (Å²) in [5.41, 5.74) is 0.612. The Labute approximate surface area is 141 Å². The average Bonchev–Trinajstić information content (AvgIpc) is 3.07. The van der Waals surface area contributed by atoms with Crippen LogP contribution in [-0.4, -0.2) is 15.8 Å². The molecule has 1 amide bonds. The van der Waals surface area contributed by atoms with Gasteiger partial charge in [0.05, 0.1) is 9.95 Å². The predicted octanol–water partition coefficient (Wildman–Crippen LogP) is 4.16. The van der Waals surface area contributed by atoms with Crippen molar-refractivity contribution in [2.24, 2.45) is 0 Å². The fourth-order valence-corrected chi connectivity index (χ4v) is 2.10. The number of pyridine rings is 1. The van der Waals surface area contributed by atoms with Gasteiger partial charge in [-0.05, 0) is 36.4 Å². The summed E-state index contributed by atoms with van der Waals surface area (Å²) in [6, 6.07) is 12.2. The van der Waals surface area contributed by atoms with Gasteiger partial charge in [0, 0.05) is 23.9 Å². The molecule has 2 heterocycles. The van der Waals surface area contributed by atoms with Gasteiger partial charge in [0.1, 0.15) is 11.6 Å². The molecule has 0 saturated heterocycles. The molecule has 0 atom stereocenters. The first-order valence-electron chi connectivity index (χ1n) is 6.80. The Bertz CT molecular complexity index is 888. The SMILES string of the molecule is O=C(Nc1ccc(Cl)cn1)c1ccc(-c2ccc([N+](=O)[O-])cc2)o1. The van der Waals surface area contributed by atoms with Gasteiger partial charge in [-0.25, -0.2) is 4.98 Å². The molecule has 3 aromatic rings. The first-order chi connectivity index (χ1) is 11.5. The van der Waals surface area contributed by atoms with Crippen molar-refractivity contribution in [3.63, 3.8) is 0 Å². The molecule has 0 bridgehead atoms. The number of nitrogens with zero attached hydrogens (tertiary/aromatic N) is 2. The zero-order chi connectivity index (χ0) is 17.1. The standard InChI is InChI=1S/C16H10ClN3O4/c17-11-3-8-15(18-9-11)19-16(21)14-7-6-13(24-14)10-1-4-12(5-2-10)20(22)23/h1-9H,(H,18,19,21). The summed E-state index contributed by atoms with van der Waals surface area (Å²) in [4.78, 5) is 26.3. The van der Waals surface area contributed by atoms with Gasteiger partial charge in [-0.1, -0.05) is 11.6 Å². The van der Waals surface area contributed by atoms with Crippen LogP contribution in [0.25, 0.3) is 11.3 Å². The van der Waals surface area contributed by atoms with Crippen LogP contribution in [0.4, 0.5) is 11.5 Å². The lowest BCUT2D eigenvalue weighted by Crippen LogP contribution is -2.11. The van der Waals surface area contributed by atoms with Crippen LogP contribution in [0.15, 0.2) is 59.1 Å². The smallest absolute Gasteiger partial charge is 0.292 e. The number of nitrogens with one attached hydrogen (secondary N) is 1. The zero-order valence-electron chi connectivity index (χ0n) is 12.1. The number of amides is 1. The van der Waals surface area contributed by atoms with Gasteiger partial charge in [0.15, 0.2) is 5.76 Å². The maximum Gasteiger partial charge on any atom is 0.292 e. The second-order valence-electron chi connectivity index (χ2n) is 4.78. The lowest BCUT2D eigenvalue weighted by atomic mass is 10.1. The molecule has 8 heteroatoms. The topological polar surface area (TPSA) is 98.3 Å². The Morgan fingerprint density at radius 2 is 1.88 bits per heavy atom. The molecule has 0 aliphatic carbocycles. The predicted molar refractivity (Wildman–Crippen MR) is 88.0 cm³/mol. The molecule has 0 spiro atoms. The van der Waals surface area contributed by atoms with Crippen LogP contribution in [0.2, 0.25) is 5.02 Å². The number of nitro groups is 1. The van der Waals surface area contributed by atoms with Gasteiger partial charge in [0.25, 0.3) is 11.6 Å². The van der Waals surface area contributed by atoms with Gasteiger partial charge in [-0.15, -0.1) is 0 Å². The number of aromatic nitrogens is 1. The summed E-state index contributed by atoms with van der Waals surface area (Å²) >= 11 is 5.73. The van der Waals surface area contributed by atoms with Crippen molar-refractivity contribution in [2.45, 2.75) is 0 Å². The van der Waals surface area contributed by atoms with Crippen LogP contribution < -0.4 is 5.32 Å². The third-order valence-corrected chi connectivity index (χ3v) is 3.38. The average molecular weight is 344 g/mol. The van der Waals surface area contributed by atoms with Gasteiger partial charge in [-0.3, -0.25) is 14.9 Å². The number of rotatable bonds is 4. The minimum atomic E-state index is -0.482. The van der Waals surface area contributed by atoms with Crippen LogP contribution in [0, 0.1) is 10.1 Å². The molecule has 0 fully saturated rings. The Hall–Kier alpha value is -3.19. The number of non-ortho nitro benzene ring substituents is 1. The van der Waals surface area contributed by atoms with Crippen LogP contribution in [0.3, 0.4) is 0 Å². The number of nitro benzene ring substituents is 1. The third-order valence-electron chi connectivity index (χ3n) is 3.16. The van der Waals surface area contributed by atoms with E-state index in [1.54, 1.807) is 30.3 Å². The fraction of sp³-hybridized carbons (Fsp3) is 0. The van der Waals surface area contributed by atoms with E-state index in [2.05, 4.69) is 10.3 Å². The van der Waals surface area contributed by atoms with Crippen molar-refractivity contribution < 1.29 is 14.1 Å². The number of hydrogen-bond acceptors (Lipinski definition) is 5. The van der Waals surface area contributed by atoms with Crippen molar-refractivity contribution in [1.29, 1.82) is 0 Å². The first-order valence-corrected chi connectivity index (χ1v) is 7.18.